The Kier molecular flexibility index (Phi) is 9.86. The Bertz CT molecular complexity index is 816. The molecule has 1 saturated carbocycles. The van der Waals surface area contributed by atoms with Gasteiger partial charge in [-0.05, 0) is 73.1 Å². The van der Waals surface area contributed by atoms with E-state index in [9.17, 15) is 5.26 Å². The van der Waals surface area contributed by atoms with E-state index < -0.39 is 0 Å². The molecule has 0 heterocycles. The SMILES string of the molecule is CCCCCCCc1ccc(-c2ccc(C3CCC(C#N)(CCCCC)CC3)cc2)cc1. The Morgan fingerprint density at radius 1 is 0.750 bits per heavy atom. The average molecular weight is 430 g/mol. The highest BCUT2D eigenvalue weighted by molar-refractivity contribution is 5.64. The molecule has 0 unspecified atom stereocenters. The maximum absolute atomic E-state index is 9.81. The van der Waals surface area contributed by atoms with Gasteiger partial charge in [0.25, 0.3) is 0 Å². The lowest BCUT2D eigenvalue weighted by atomic mass is 9.67. The lowest BCUT2D eigenvalue weighted by Crippen LogP contribution is -2.25. The van der Waals surface area contributed by atoms with Crippen molar-refractivity contribution in [2.45, 2.75) is 110 Å². The average Bonchev–Trinajstić information content (AvgIpc) is 2.85. The molecule has 3 rings (SSSR count). The van der Waals surface area contributed by atoms with Crippen LogP contribution in [0.2, 0.25) is 0 Å². The van der Waals surface area contributed by atoms with E-state index in [0.717, 1.165) is 32.1 Å². The fourth-order valence-corrected chi connectivity index (χ4v) is 5.38. The molecule has 2 aromatic rings. The molecule has 2 aromatic carbocycles. The number of rotatable bonds is 12. The van der Waals surface area contributed by atoms with E-state index in [4.69, 9.17) is 0 Å². The molecule has 32 heavy (non-hydrogen) atoms. The van der Waals surface area contributed by atoms with Gasteiger partial charge in [-0.1, -0.05) is 107 Å². The van der Waals surface area contributed by atoms with Crippen molar-refractivity contribution in [3.8, 4) is 17.2 Å². The summed E-state index contributed by atoms with van der Waals surface area (Å²) in [4.78, 5) is 0. The van der Waals surface area contributed by atoms with E-state index in [0.29, 0.717) is 5.92 Å². The molecular weight excluding hydrogens is 386 g/mol. The highest BCUT2D eigenvalue weighted by atomic mass is 14.4. The number of aryl methyl sites for hydroxylation is 1. The third-order valence-corrected chi connectivity index (χ3v) is 7.68. The lowest BCUT2D eigenvalue weighted by molar-refractivity contribution is 0.223. The number of nitrogens with zero attached hydrogens (tertiary/aromatic N) is 1. The summed E-state index contributed by atoms with van der Waals surface area (Å²) in [7, 11) is 0. The first-order valence-electron chi connectivity index (χ1n) is 13.3. The van der Waals surface area contributed by atoms with Gasteiger partial charge in [0.2, 0.25) is 0 Å². The quantitative estimate of drug-likeness (QED) is 0.308. The molecule has 1 aliphatic rings. The van der Waals surface area contributed by atoms with Crippen LogP contribution in [-0.4, -0.2) is 0 Å². The highest BCUT2D eigenvalue weighted by Crippen LogP contribution is 2.45. The summed E-state index contributed by atoms with van der Waals surface area (Å²) < 4.78 is 0. The molecule has 0 spiro atoms. The predicted molar refractivity (Wildman–Crippen MR) is 138 cm³/mol. The van der Waals surface area contributed by atoms with Crippen LogP contribution in [0.4, 0.5) is 0 Å². The van der Waals surface area contributed by atoms with Crippen LogP contribution in [0.25, 0.3) is 11.1 Å². The summed E-state index contributed by atoms with van der Waals surface area (Å²) in [6, 6.07) is 21.1. The first-order valence-corrected chi connectivity index (χ1v) is 13.3. The van der Waals surface area contributed by atoms with Gasteiger partial charge in [-0.2, -0.15) is 5.26 Å². The van der Waals surface area contributed by atoms with E-state index in [1.165, 1.54) is 80.0 Å². The van der Waals surface area contributed by atoms with Gasteiger partial charge in [-0.25, -0.2) is 0 Å². The summed E-state index contributed by atoms with van der Waals surface area (Å²) in [6.45, 7) is 4.51. The summed E-state index contributed by atoms with van der Waals surface area (Å²) in [6.07, 6.45) is 17.2. The molecule has 1 heteroatoms. The molecule has 1 fully saturated rings. The normalized spacial score (nSPS) is 20.7. The molecule has 0 radical (unpaired) electrons. The van der Waals surface area contributed by atoms with Gasteiger partial charge in [0.15, 0.2) is 0 Å². The zero-order chi connectivity index (χ0) is 22.7. The third kappa shape index (κ3) is 6.96. The number of hydrogen-bond acceptors (Lipinski definition) is 1. The van der Waals surface area contributed by atoms with Crippen molar-refractivity contribution in [2.24, 2.45) is 5.41 Å². The minimum Gasteiger partial charge on any atom is -0.198 e. The maximum atomic E-state index is 9.81. The van der Waals surface area contributed by atoms with Crippen LogP contribution in [-0.2, 0) is 6.42 Å². The monoisotopic (exact) mass is 429 g/mol. The van der Waals surface area contributed by atoms with E-state index in [1.807, 2.05) is 0 Å². The molecule has 0 atom stereocenters. The minimum atomic E-state index is -0.0522. The first kappa shape index (κ1) is 24.6. The molecule has 0 amide bonds. The van der Waals surface area contributed by atoms with Crippen LogP contribution in [0, 0.1) is 16.7 Å². The molecule has 0 bridgehead atoms. The first-order chi connectivity index (χ1) is 15.7. The number of benzene rings is 2. The largest absolute Gasteiger partial charge is 0.198 e. The number of hydrogen-bond donors (Lipinski definition) is 0. The molecule has 0 aromatic heterocycles. The Morgan fingerprint density at radius 2 is 1.31 bits per heavy atom. The van der Waals surface area contributed by atoms with Crippen LogP contribution in [0.1, 0.15) is 114 Å². The highest BCUT2D eigenvalue weighted by Gasteiger charge is 2.35. The van der Waals surface area contributed by atoms with Crippen molar-refractivity contribution in [3.05, 3.63) is 59.7 Å². The Morgan fingerprint density at radius 3 is 1.91 bits per heavy atom. The number of unbranched alkanes of at least 4 members (excludes halogenated alkanes) is 6. The summed E-state index contributed by atoms with van der Waals surface area (Å²) in [5, 5.41) is 9.81. The maximum Gasteiger partial charge on any atom is 0.0689 e. The van der Waals surface area contributed by atoms with Gasteiger partial charge < -0.3 is 0 Å². The Hall–Kier alpha value is -2.07. The molecule has 0 N–H and O–H groups in total. The summed E-state index contributed by atoms with van der Waals surface area (Å²) >= 11 is 0. The zero-order valence-electron chi connectivity index (χ0n) is 20.5. The summed E-state index contributed by atoms with van der Waals surface area (Å²) in [5.41, 5.74) is 5.49. The fraction of sp³-hybridized carbons (Fsp3) is 0.581. The molecule has 0 aliphatic heterocycles. The molecule has 1 nitrogen and oxygen atoms in total. The van der Waals surface area contributed by atoms with E-state index in [1.54, 1.807) is 0 Å². The Labute approximate surface area is 197 Å². The number of nitriles is 1. The van der Waals surface area contributed by atoms with Gasteiger partial charge in [-0.3, -0.25) is 0 Å². The molecular formula is C31H43N. The van der Waals surface area contributed by atoms with Gasteiger partial charge >= 0.3 is 0 Å². The zero-order valence-corrected chi connectivity index (χ0v) is 20.5. The second kappa shape index (κ2) is 12.8. The second-order valence-corrected chi connectivity index (χ2v) is 10.1. The predicted octanol–water partition coefficient (Wildman–Crippen LogP) is 9.61. The Balaban J connectivity index is 1.51. The standard InChI is InChI=1S/C31H43N/c1-3-5-7-8-9-11-26-12-14-27(15-13-26)28-16-18-29(19-17-28)30-20-23-31(25-32,24-21-30)22-10-6-4-2/h12-19,30H,3-11,20-24H2,1-2H3. The van der Waals surface area contributed by atoms with Gasteiger partial charge in [0.05, 0.1) is 11.5 Å². The van der Waals surface area contributed by atoms with Crippen LogP contribution in [0.15, 0.2) is 48.5 Å². The van der Waals surface area contributed by atoms with Crippen molar-refractivity contribution in [2.75, 3.05) is 0 Å². The van der Waals surface area contributed by atoms with Crippen molar-refractivity contribution >= 4 is 0 Å². The summed E-state index contributed by atoms with van der Waals surface area (Å²) in [5.74, 6) is 0.617. The van der Waals surface area contributed by atoms with Crippen LogP contribution < -0.4 is 0 Å². The van der Waals surface area contributed by atoms with Crippen molar-refractivity contribution in [1.29, 1.82) is 5.26 Å². The smallest absolute Gasteiger partial charge is 0.0689 e. The topological polar surface area (TPSA) is 23.8 Å². The van der Waals surface area contributed by atoms with E-state index >= 15 is 0 Å². The minimum absolute atomic E-state index is 0.0522. The lowest BCUT2D eigenvalue weighted by Gasteiger charge is -2.35. The van der Waals surface area contributed by atoms with Crippen molar-refractivity contribution in [3.63, 3.8) is 0 Å². The van der Waals surface area contributed by atoms with Gasteiger partial charge in [0, 0.05) is 0 Å². The van der Waals surface area contributed by atoms with Gasteiger partial charge in [-0.15, -0.1) is 0 Å². The van der Waals surface area contributed by atoms with Crippen LogP contribution >= 0.6 is 0 Å². The second-order valence-electron chi connectivity index (χ2n) is 10.1. The molecule has 0 saturated heterocycles. The van der Waals surface area contributed by atoms with Crippen LogP contribution in [0.3, 0.4) is 0 Å². The van der Waals surface area contributed by atoms with Gasteiger partial charge in [0.1, 0.15) is 0 Å². The molecule has 172 valence electrons. The van der Waals surface area contributed by atoms with Crippen LogP contribution in [0.5, 0.6) is 0 Å². The third-order valence-electron chi connectivity index (χ3n) is 7.68. The van der Waals surface area contributed by atoms with Crippen molar-refractivity contribution < 1.29 is 0 Å². The van der Waals surface area contributed by atoms with E-state index in [-0.39, 0.29) is 5.41 Å². The van der Waals surface area contributed by atoms with Crippen molar-refractivity contribution in [1.82, 2.24) is 0 Å². The molecule has 1 aliphatic carbocycles. The fourth-order valence-electron chi connectivity index (χ4n) is 5.38. The van der Waals surface area contributed by atoms with E-state index in [2.05, 4.69) is 68.4 Å².